The highest BCUT2D eigenvalue weighted by molar-refractivity contribution is 5.99. The van der Waals surface area contributed by atoms with Crippen LogP contribution in [0.3, 0.4) is 0 Å². The van der Waals surface area contributed by atoms with E-state index in [1.54, 1.807) is 11.8 Å². The number of amides is 1. The Hall–Kier alpha value is -1.93. The summed E-state index contributed by atoms with van der Waals surface area (Å²) >= 11 is 0. The van der Waals surface area contributed by atoms with Gasteiger partial charge in [0.15, 0.2) is 12.3 Å². The van der Waals surface area contributed by atoms with Gasteiger partial charge in [-0.15, -0.1) is 0 Å². The second-order valence-corrected chi connectivity index (χ2v) is 6.77. The van der Waals surface area contributed by atoms with Gasteiger partial charge in [0.05, 0.1) is 18.8 Å². The Balaban J connectivity index is 1.68. The van der Waals surface area contributed by atoms with Crippen LogP contribution < -0.4 is 15.2 Å². The van der Waals surface area contributed by atoms with Gasteiger partial charge in [0.25, 0.3) is 5.91 Å². The molecule has 3 atom stereocenters. The number of hydrogen-bond acceptors (Lipinski definition) is 6. The van der Waals surface area contributed by atoms with Gasteiger partial charge in [0, 0.05) is 13.2 Å². The van der Waals surface area contributed by atoms with Crippen LogP contribution >= 0.6 is 0 Å². The Kier molecular flexibility index (Phi) is 4.47. The Labute approximate surface area is 145 Å². The van der Waals surface area contributed by atoms with Gasteiger partial charge in [-0.05, 0) is 39.0 Å². The molecule has 0 N–H and O–H groups in total. The average Bonchev–Trinajstić information content (AvgIpc) is 3.14. The van der Waals surface area contributed by atoms with Crippen molar-refractivity contribution in [1.82, 2.24) is 9.78 Å². The summed E-state index contributed by atoms with van der Waals surface area (Å²) in [6.07, 6.45) is 5.10. The molecule has 25 heavy (non-hydrogen) atoms. The van der Waals surface area contributed by atoms with E-state index >= 15 is 0 Å². The molecule has 1 amide bonds. The number of fused-ring (bicyclic) bond motifs is 1. The van der Waals surface area contributed by atoms with Crippen molar-refractivity contribution in [2.75, 3.05) is 24.7 Å². The van der Waals surface area contributed by atoms with Crippen molar-refractivity contribution in [2.45, 2.75) is 57.5 Å². The maximum absolute atomic E-state index is 12.9. The van der Waals surface area contributed by atoms with Gasteiger partial charge in [-0.25, -0.2) is 0 Å². The van der Waals surface area contributed by atoms with Crippen molar-refractivity contribution in [1.29, 1.82) is 0 Å². The number of rotatable bonds is 3. The van der Waals surface area contributed by atoms with Crippen LogP contribution in [0.15, 0.2) is 11.0 Å². The highest BCUT2D eigenvalue weighted by Crippen LogP contribution is 2.32. The van der Waals surface area contributed by atoms with Crippen LogP contribution in [-0.4, -0.2) is 47.7 Å². The Morgan fingerprint density at radius 2 is 2.00 bits per heavy atom. The molecule has 136 valence electrons. The molecule has 0 aliphatic carbocycles. The largest absolute Gasteiger partial charge is 0.473 e. The lowest BCUT2D eigenvalue weighted by atomic mass is 10.1. The first kappa shape index (κ1) is 16.5. The minimum absolute atomic E-state index is 0.00814. The monoisotopic (exact) mass is 349 g/mol. The summed E-state index contributed by atoms with van der Waals surface area (Å²) in [5.74, 6) is 0.00476. The molecule has 2 saturated heterocycles. The zero-order chi connectivity index (χ0) is 17.4. The third kappa shape index (κ3) is 3.04. The SMILES string of the molecule is CC1Oc2c(cnn(C3CCCCO3)c2=O)N(CC2CCCO2)C1=O. The van der Waals surface area contributed by atoms with E-state index in [2.05, 4.69) is 5.10 Å². The predicted molar refractivity (Wildman–Crippen MR) is 88.8 cm³/mol. The third-order valence-electron chi connectivity index (χ3n) is 4.98. The first-order valence-electron chi connectivity index (χ1n) is 8.98. The molecule has 3 aliphatic heterocycles. The standard InChI is InChI=1S/C17H23N3O5/c1-11-16(21)19(10-12-5-4-8-23-12)13-9-18-20(17(22)15(13)25-11)14-6-2-3-7-24-14/h9,11-12,14H,2-8,10H2,1H3. The van der Waals surface area contributed by atoms with E-state index in [1.807, 2.05) is 0 Å². The molecule has 8 nitrogen and oxygen atoms in total. The van der Waals surface area contributed by atoms with Crippen molar-refractivity contribution >= 4 is 11.6 Å². The van der Waals surface area contributed by atoms with Crippen LogP contribution in [0.25, 0.3) is 0 Å². The first-order valence-corrected chi connectivity index (χ1v) is 8.98. The summed E-state index contributed by atoms with van der Waals surface area (Å²) < 4.78 is 18.3. The van der Waals surface area contributed by atoms with E-state index in [9.17, 15) is 9.59 Å². The van der Waals surface area contributed by atoms with Crippen LogP contribution in [-0.2, 0) is 14.3 Å². The fraction of sp³-hybridized carbons (Fsp3) is 0.706. The Bertz CT molecular complexity index is 707. The second-order valence-electron chi connectivity index (χ2n) is 6.77. The van der Waals surface area contributed by atoms with Gasteiger partial charge < -0.3 is 19.1 Å². The highest BCUT2D eigenvalue weighted by atomic mass is 16.5. The summed E-state index contributed by atoms with van der Waals surface area (Å²) in [6, 6.07) is 0. The number of carbonyl (C=O) groups excluding carboxylic acids is 1. The zero-order valence-corrected chi connectivity index (χ0v) is 14.3. The molecule has 0 radical (unpaired) electrons. The Morgan fingerprint density at radius 3 is 2.72 bits per heavy atom. The van der Waals surface area contributed by atoms with Crippen molar-refractivity contribution in [3.63, 3.8) is 0 Å². The van der Waals surface area contributed by atoms with Crippen LogP contribution in [0.5, 0.6) is 5.75 Å². The first-order chi connectivity index (χ1) is 12.1. The molecule has 4 heterocycles. The molecular formula is C17H23N3O5. The Morgan fingerprint density at radius 1 is 1.16 bits per heavy atom. The smallest absolute Gasteiger partial charge is 0.313 e. The zero-order valence-electron chi connectivity index (χ0n) is 14.3. The van der Waals surface area contributed by atoms with Crippen LogP contribution in [0, 0.1) is 0 Å². The summed E-state index contributed by atoms with van der Waals surface area (Å²) in [5, 5.41) is 4.26. The lowest BCUT2D eigenvalue weighted by Crippen LogP contribution is -2.49. The average molecular weight is 349 g/mol. The lowest BCUT2D eigenvalue weighted by molar-refractivity contribution is -0.126. The minimum Gasteiger partial charge on any atom is -0.473 e. The van der Waals surface area contributed by atoms with Crippen molar-refractivity contribution in [3.05, 3.63) is 16.6 Å². The van der Waals surface area contributed by atoms with E-state index in [-0.39, 0.29) is 29.5 Å². The minimum atomic E-state index is -0.704. The maximum atomic E-state index is 12.9. The van der Waals surface area contributed by atoms with Gasteiger partial charge in [0.2, 0.25) is 5.75 Å². The number of carbonyl (C=O) groups is 1. The third-order valence-corrected chi connectivity index (χ3v) is 4.98. The summed E-state index contributed by atoms with van der Waals surface area (Å²) in [7, 11) is 0. The number of anilines is 1. The summed E-state index contributed by atoms with van der Waals surface area (Å²) in [5.41, 5.74) is 0.0803. The predicted octanol–water partition coefficient (Wildman–Crippen LogP) is 1.24. The topological polar surface area (TPSA) is 82.9 Å². The second kappa shape index (κ2) is 6.76. The normalized spacial score (nSPS) is 29.4. The summed E-state index contributed by atoms with van der Waals surface area (Å²) in [4.78, 5) is 27.0. The molecule has 0 aromatic carbocycles. The lowest BCUT2D eigenvalue weighted by Gasteiger charge is -2.34. The van der Waals surface area contributed by atoms with E-state index in [0.29, 0.717) is 25.4 Å². The van der Waals surface area contributed by atoms with E-state index in [4.69, 9.17) is 14.2 Å². The molecule has 3 unspecified atom stereocenters. The maximum Gasteiger partial charge on any atom is 0.313 e. The molecule has 1 aromatic heterocycles. The van der Waals surface area contributed by atoms with Gasteiger partial charge in [-0.1, -0.05) is 0 Å². The fourth-order valence-corrected chi connectivity index (χ4v) is 3.61. The molecule has 1 aromatic rings. The highest BCUT2D eigenvalue weighted by Gasteiger charge is 2.37. The van der Waals surface area contributed by atoms with E-state index in [1.165, 1.54) is 10.9 Å². The van der Waals surface area contributed by atoms with Gasteiger partial charge in [0.1, 0.15) is 5.69 Å². The molecule has 2 fully saturated rings. The van der Waals surface area contributed by atoms with Crippen molar-refractivity contribution in [2.24, 2.45) is 0 Å². The molecule has 4 rings (SSSR count). The molecule has 0 saturated carbocycles. The van der Waals surface area contributed by atoms with Gasteiger partial charge >= 0.3 is 5.56 Å². The quantitative estimate of drug-likeness (QED) is 0.816. The van der Waals surface area contributed by atoms with Crippen LogP contribution in [0.1, 0.15) is 45.3 Å². The van der Waals surface area contributed by atoms with Gasteiger partial charge in [-0.3, -0.25) is 9.59 Å². The number of aromatic nitrogens is 2. The van der Waals surface area contributed by atoms with Crippen LogP contribution in [0.2, 0.25) is 0 Å². The van der Waals surface area contributed by atoms with E-state index < -0.39 is 6.10 Å². The molecule has 0 spiro atoms. The fourth-order valence-electron chi connectivity index (χ4n) is 3.61. The molecule has 3 aliphatic rings. The van der Waals surface area contributed by atoms with Crippen molar-refractivity contribution < 1.29 is 19.0 Å². The molecule has 0 bridgehead atoms. The van der Waals surface area contributed by atoms with Gasteiger partial charge in [-0.2, -0.15) is 9.78 Å². The number of ether oxygens (including phenoxy) is 3. The number of nitrogens with zero attached hydrogens (tertiary/aromatic N) is 3. The molecule has 8 heteroatoms. The van der Waals surface area contributed by atoms with E-state index in [0.717, 1.165) is 32.1 Å². The summed E-state index contributed by atoms with van der Waals surface area (Å²) in [6.45, 7) is 3.42. The number of hydrogen-bond donors (Lipinski definition) is 0. The molecular weight excluding hydrogens is 326 g/mol. The van der Waals surface area contributed by atoms with Crippen molar-refractivity contribution in [3.8, 4) is 5.75 Å². The van der Waals surface area contributed by atoms with Crippen LogP contribution in [0.4, 0.5) is 5.69 Å².